The highest BCUT2D eigenvalue weighted by atomic mass is 32.1. The molecule has 0 fully saturated rings. The summed E-state index contributed by atoms with van der Waals surface area (Å²) in [5.41, 5.74) is 0.801. The highest BCUT2D eigenvalue weighted by Crippen LogP contribution is 2.07. The summed E-state index contributed by atoms with van der Waals surface area (Å²) in [6, 6.07) is 7.08. The van der Waals surface area contributed by atoms with Crippen LogP contribution in [0, 0.1) is 0 Å². The maximum absolute atomic E-state index is 10.2. The van der Waals surface area contributed by atoms with Crippen molar-refractivity contribution >= 4 is 18.6 Å². The third-order valence-corrected chi connectivity index (χ3v) is 1.59. The first-order chi connectivity index (χ1) is 6.18. The average Bonchev–Trinajstić information content (AvgIpc) is 2.12. The van der Waals surface area contributed by atoms with Crippen LogP contribution in [0.3, 0.4) is 0 Å². The zero-order valence-corrected chi connectivity index (χ0v) is 8.71. The summed E-state index contributed by atoms with van der Waals surface area (Å²) in [6.07, 6.45) is 0.0774. The van der Waals surface area contributed by atoms with Crippen molar-refractivity contribution in [1.82, 2.24) is 0 Å². The molecule has 0 saturated carbocycles. The van der Waals surface area contributed by atoms with Crippen LogP contribution in [0.5, 0.6) is 0 Å². The molecular formula is C10H14O2S. The maximum atomic E-state index is 10.2. The van der Waals surface area contributed by atoms with Crippen LogP contribution in [-0.4, -0.2) is 11.1 Å². The lowest BCUT2D eigenvalue weighted by Crippen LogP contribution is -1.99. The summed E-state index contributed by atoms with van der Waals surface area (Å²) in [7, 11) is 0. The minimum atomic E-state index is -0.808. The van der Waals surface area contributed by atoms with Crippen molar-refractivity contribution in [2.75, 3.05) is 0 Å². The standard InChI is InChI=1S/C8H8O2S.C2H6/c9-8(10)5-6-1-3-7(11)4-2-6;1-2/h1-4,11H,5H2,(H,9,10);1-2H3. The first-order valence-corrected chi connectivity index (χ1v) is 4.63. The molecule has 13 heavy (non-hydrogen) atoms. The monoisotopic (exact) mass is 198 g/mol. The van der Waals surface area contributed by atoms with Crippen LogP contribution >= 0.6 is 12.6 Å². The first kappa shape index (κ1) is 12.0. The van der Waals surface area contributed by atoms with E-state index < -0.39 is 5.97 Å². The van der Waals surface area contributed by atoms with Crippen molar-refractivity contribution in [3.63, 3.8) is 0 Å². The van der Waals surface area contributed by atoms with Gasteiger partial charge in [-0.25, -0.2) is 0 Å². The van der Waals surface area contributed by atoms with Crippen LogP contribution in [0.4, 0.5) is 0 Å². The molecule has 3 heteroatoms. The number of hydrogen-bond acceptors (Lipinski definition) is 2. The molecule has 1 rings (SSSR count). The summed E-state index contributed by atoms with van der Waals surface area (Å²) in [5.74, 6) is -0.808. The van der Waals surface area contributed by atoms with Crippen LogP contribution in [0.2, 0.25) is 0 Å². The molecule has 2 nitrogen and oxygen atoms in total. The Morgan fingerprint density at radius 3 is 2.15 bits per heavy atom. The Bertz CT molecular complexity index is 254. The van der Waals surface area contributed by atoms with Gasteiger partial charge in [0.25, 0.3) is 0 Å². The van der Waals surface area contributed by atoms with Crippen LogP contribution in [0.15, 0.2) is 29.2 Å². The lowest BCUT2D eigenvalue weighted by atomic mass is 10.2. The van der Waals surface area contributed by atoms with Gasteiger partial charge in [0.05, 0.1) is 6.42 Å². The van der Waals surface area contributed by atoms with E-state index in [0.29, 0.717) is 0 Å². The normalized spacial score (nSPS) is 8.54. The second-order valence-electron chi connectivity index (χ2n) is 2.24. The van der Waals surface area contributed by atoms with Crippen LogP contribution in [0.1, 0.15) is 19.4 Å². The quantitative estimate of drug-likeness (QED) is 0.717. The van der Waals surface area contributed by atoms with Gasteiger partial charge >= 0.3 is 5.97 Å². The molecule has 1 aromatic rings. The van der Waals surface area contributed by atoms with E-state index >= 15 is 0 Å². The fraction of sp³-hybridized carbons (Fsp3) is 0.300. The summed E-state index contributed by atoms with van der Waals surface area (Å²) in [5, 5.41) is 8.42. The molecule has 0 atom stereocenters. The molecule has 0 aliphatic carbocycles. The number of carboxylic acid groups (broad SMARTS) is 1. The molecule has 0 aliphatic rings. The van der Waals surface area contributed by atoms with Gasteiger partial charge in [-0.2, -0.15) is 0 Å². The number of carboxylic acids is 1. The molecule has 0 radical (unpaired) electrons. The lowest BCUT2D eigenvalue weighted by Gasteiger charge is -1.95. The van der Waals surface area contributed by atoms with Gasteiger partial charge in [-0.05, 0) is 17.7 Å². The Morgan fingerprint density at radius 1 is 1.31 bits per heavy atom. The largest absolute Gasteiger partial charge is 0.481 e. The molecule has 0 heterocycles. The van der Waals surface area contributed by atoms with E-state index in [1.807, 2.05) is 13.8 Å². The number of rotatable bonds is 2. The number of carbonyl (C=O) groups is 1. The van der Waals surface area contributed by atoms with E-state index in [0.717, 1.165) is 10.5 Å². The van der Waals surface area contributed by atoms with Gasteiger partial charge in [-0.15, -0.1) is 12.6 Å². The van der Waals surface area contributed by atoms with Gasteiger partial charge in [0.1, 0.15) is 0 Å². The Labute approximate surface area is 84.0 Å². The number of benzene rings is 1. The van der Waals surface area contributed by atoms with Crippen LogP contribution in [-0.2, 0) is 11.2 Å². The summed E-state index contributed by atoms with van der Waals surface area (Å²) in [6.45, 7) is 4.00. The van der Waals surface area contributed by atoms with E-state index in [-0.39, 0.29) is 6.42 Å². The molecule has 0 unspecified atom stereocenters. The van der Waals surface area contributed by atoms with Crippen molar-refractivity contribution in [3.05, 3.63) is 29.8 Å². The lowest BCUT2D eigenvalue weighted by molar-refractivity contribution is -0.136. The SMILES string of the molecule is CC.O=C(O)Cc1ccc(S)cc1. The van der Waals surface area contributed by atoms with Gasteiger partial charge in [-0.1, -0.05) is 26.0 Å². The van der Waals surface area contributed by atoms with Crippen LogP contribution < -0.4 is 0 Å². The molecule has 1 aromatic carbocycles. The van der Waals surface area contributed by atoms with Crippen molar-refractivity contribution in [2.24, 2.45) is 0 Å². The third kappa shape index (κ3) is 5.31. The molecular weight excluding hydrogens is 184 g/mol. The van der Waals surface area contributed by atoms with Gasteiger partial charge in [0, 0.05) is 4.90 Å². The van der Waals surface area contributed by atoms with E-state index in [1.54, 1.807) is 24.3 Å². The van der Waals surface area contributed by atoms with E-state index in [4.69, 9.17) is 5.11 Å². The Kier molecular flexibility index (Phi) is 6.06. The summed E-state index contributed by atoms with van der Waals surface area (Å²) in [4.78, 5) is 11.1. The fourth-order valence-corrected chi connectivity index (χ4v) is 0.937. The fourth-order valence-electron chi connectivity index (χ4n) is 0.788. The second kappa shape index (κ2) is 6.54. The van der Waals surface area contributed by atoms with Gasteiger partial charge < -0.3 is 5.11 Å². The van der Waals surface area contributed by atoms with E-state index in [2.05, 4.69) is 12.6 Å². The average molecular weight is 198 g/mol. The van der Waals surface area contributed by atoms with E-state index in [1.165, 1.54) is 0 Å². The maximum Gasteiger partial charge on any atom is 0.307 e. The second-order valence-corrected chi connectivity index (χ2v) is 2.75. The molecule has 0 aromatic heterocycles. The number of hydrogen-bond donors (Lipinski definition) is 2. The third-order valence-electron chi connectivity index (χ3n) is 1.29. The topological polar surface area (TPSA) is 37.3 Å². The highest BCUT2D eigenvalue weighted by Gasteiger charge is 1.98. The zero-order chi connectivity index (χ0) is 10.3. The molecule has 0 bridgehead atoms. The van der Waals surface area contributed by atoms with Crippen molar-refractivity contribution in [1.29, 1.82) is 0 Å². The Hall–Kier alpha value is -0.960. The van der Waals surface area contributed by atoms with Crippen molar-refractivity contribution in [3.8, 4) is 0 Å². The van der Waals surface area contributed by atoms with Gasteiger partial charge in [-0.3, -0.25) is 4.79 Å². The molecule has 0 saturated heterocycles. The van der Waals surface area contributed by atoms with Crippen molar-refractivity contribution < 1.29 is 9.90 Å². The smallest absolute Gasteiger partial charge is 0.307 e. The first-order valence-electron chi connectivity index (χ1n) is 4.18. The number of thiol groups is 1. The van der Waals surface area contributed by atoms with E-state index in [9.17, 15) is 4.79 Å². The minimum absolute atomic E-state index is 0.0774. The molecule has 0 spiro atoms. The predicted octanol–water partition coefficient (Wildman–Crippen LogP) is 2.63. The number of aliphatic carboxylic acids is 1. The van der Waals surface area contributed by atoms with Gasteiger partial charge in [0.15, 0.2) is 0 Å². The van der Waals surface area contributed by atoms with Crippen LogP contribution in [0.25, 0.3) is 0 Å². The minimum Gasteiger partial charge on any atom is -0.481 e. The molecule has 1 N–H and O–H groups in total. The van der Waals surface area contributed by atoms with Gasteiger partial charge in [0.2, 0.25) is 0 Å². The predicted molar refractivity (Wildman–Crippen MR) is 56.4 cm³/mol. The molecule has 72 valence electrons. The zero-order valence-electron chi connectivity index (χ0n) is 7.82. The highest BCUT2D eigenvalue weighted by molar-refractivity contribution is 7.80. The van der Waals surface area contributed by atoms with Crippen molar-refractivity contribution in [2.45, 2.75) is 25.2 Å². The summed E-state index contributed by atoms with van der Waals surface area (Å²) < 4.78 is 0. The Balaban J connectivity index is 0.000000671. The molecule has 0 aliphatic heterocycles. The Morgan fingerprint density at radius 2 is 1.77 bits per heavy atom. The summed E-state index contributed by atoms with van der Waals surface area (Å²) >= 11 is 4.07. The molecule has 0 amide bonds.